The first-order valence-electron chi connectivity index (χ1n) is 4.35. The Morgan fingerprint density at radius 2 is 2.21 bits per heavy atom. The highest BCUT2D eigenvalue weighted by Gasteiger charge is 2.12. The van der Waals surface area contributed by atoms with E-state index in [-0.39, 0.29) is 5.97 Å². The van der Waals surface area contributed by atoms with Crippen LogP contribution < -0.4 is 4.74 Å². The molecule has 1 heterocycles. The summed E-state index contributed by atoms with van der Waals surface area (Å²) in [6.45, 7) is 0. The van der Waals surface area contributed by atoms with Crippen LogP contribution in [0.3, 0.4) is 0 Å². The zero-order valence-corrected chi connectivity index (χ0v) is 8.53. The molecule has 0 saturated heterocycles. The molecule has 14 heavy (non-hydrogen) atoms. The molecule has 0 N–H and O–H groups in total. The van der Waals surface area contributed by atoms with Crippen LogP contribution in [0, 0.1) is 0 Å². The summed E-state index contributed by atoms with van der Waals surface area (Å²) in [6, 6.07) is 3.31. The van der Waals surface area contributed by atoms with Gasteiger partial charge in [-0.05, 0) is 12.4 Å². The lowest BCUT2D eigenvalue weighted by molar-refractivity contribution is 0.0599. The van der Waals surface area contributed by atoms with Gasteiger partial charge in [0.15, 0.2) is 0 Å². The van der Waals surface area contributed by atoms with Crippen molar-refractivity contribution in [3.8, 4) is 5.88 Å². The maximum absolute atomic E-state index is 11.3. The lowest BCUT2D eigenvalue weighted by atomic mass is 9.98. The molecule has 0 spiro atoms. The van der Waals surface area contributed by atoms with Crippen LogP contribution in [-0.2, 0) is 11.1 Å². The van der Waals surface area contributed by atoms with Gasteiger partial charge < -0.3 is 9.47 Å². The molecule has 0 aliphatic heterocycles. The second-order valence-corrected chi connectivity index (χ2v) is 2.69. The van der Waals surface area contributed by atoms with Crippen molar-refractivity contribution in [3.05, 3.63) is 23.4 Å². The van der Waals surface area contributed by atoms with Crippen LogP contribution in [0.2, 0.25) is 0 Å². The Morgan fingerprint density at radius 3 is 2.71 bits per heavy atom. The average molecular weight is 193 g/mol. The molecule has 5 heteroatoms. The maximum Gasteiger partial charge on any atom is 0.339 e. The van der Waals surface area contributed by atoms with E-state index in [0.29, 0.717) is 23.5 Å². The van der Waals surface area contributed by atoms with E-state index in [1.165, 1.54) is 7.11 Å². The van der Waals surface area contributed by atoms with Gasteiger partial charge in [-0.15, -0.1) is 0 Å². The van der Waals surface area contributed by atoms with Crippen LogP contribution in [0.4, 0.5) is 0 Å². The highest BCUT2D eigenvalue weighted by Crippen LogP contribution is 2.13. The second kappa shape index (κ2) is 4.65. The Labute approximate surface area is 83.7 Å². The minimum Gasteiger partial charge on any atom is -0.481 e. The quantitative estimate of drug-likeness (QED) is 0.501. The van der Waals surface area contributed by atoms with Gasteiger partial charge in [-0.3, -0.25) is 0 Å². The van der Waals surface area contributed by atoms with Crippen molar-refractivity contribution >= 4 is 13.8 Å². The van der Waals surface area contributed by atoms with E-state index in [0.717, 1.165) is 0 Å². The van der Waals surface area contributed by atoms with Crippen molar-refractivity contribution in [2.45, 2.75) is 6.32 Å². The van der Waals surface area contributed by atoms with E-state index in [2.05, 4.69) is 9.72 Å². The van der Waals surface area contributed by atoms with Crippen LogP contribution in [0.15, 0.2) is 12.1 Å². The third-order valence-corrected chi connectivity index (χ3v) is 1.90. The predicted octanol–water partition coefficient (Wildman–Crippen LogP) is 0.00990. The summed E-state index contributed by atoms with van der Waals surface area (Å²) in [7, 11) is 4.82. The van der Waals surface area contributed by atoms with E-state index in [9.17, 15) is 4.79 Å². The molecule has 0 bridgehead atoms. The van der Waals surface area contributed by atoms with Gasteiger partial charge in [0.25, 0.3) is 0 Å². The van der Waals surface area contributed by atoms with Crippen molar-refractivity contribution < 1.29 is 14.3 Å². The Morgan fingerprint density at radius 1 is 1.50 bits per heavy atom. The number of hydrogen-bond donors (Lipinski definition) is 0. The molecular weight excluding hydrogens is 181 g/mol. The van der Waals surface area contributed by atoms with E-state index in [1.807, 2.05) is 7.85 Å². The first kappa shape index (κ1) is 10.6. The van der Waals surface area contributed by atoms with Crippen molar-refractivity contribution in [1.29, 1.82) is 0 Å². The molecule has 0 unspecified atom stereocenters. The second-order valence-electron chi connectivity index (χ2n) is 2.69. The van der Waals surface area contributed by atoms with Gasteiger partial charge in [0.05, 0.1) is 25.5 Å². The fraction of sp³-hybridized carbons (Fsp3) is 0.333. The van der Waals surface area contributed by atoms with E-state index in [1.54, 1.807) is 19.2 Å². The number of esters is 1. The van der Waals surface area contributed by atoms with Gasteiger partial charge in [-0.1, -0.05) is 0 Å². The van der Waals surface area contributed by atoms with E-state index in [4.69, 9.17) is 4.74 Å². The fourth-order valence-electron chi connectivity index (χ4n) is 1.16. The monoisotopic (exact) mass is 193 g/mol. The van der Waals surface area contributed by atoms with Crippen LogP contribution in [-0.4, -0.2) is 33.0 Å². The third kappa shape index (κ3) is 2.04. The molecule has 0 fully saturated rings. The molecule has 4 nitrogen and oxygen atoms in total. The summed E-state index contributed by atoms with van der Waals surface area (Å²) in [4.78, 5) is 15.4. The Kier molecular flexibility index (Phi) is 3.51. The number of nitrogens with zero attached hydrogens (tertiary/aromatic N) is 1. The number of aromatic nitrogens is 1. The van der Waals surface area contributed by atoms with Crippen LogP contribution in [0.1, 0.15) is 16.1 Å². The van der Waals surface area contributed by atoms with E-state index < -0.39 is 0 Å². The SMILES string of the molecule is BCc1nc(OC)ccc1C(=O)OC. The maximum atomic E-state index is 11.3. The number of methoxy groups -OCH3 is 2. The van der Waals surface area contributed by atoms with E-state index >= 15 is 0 Å². The number of pyridine rings is 1. The number of rotatable bonds is 3. The molecule has 0 aromatic carbocycles. The summed E-state index contributed by atoms with van der Waals surface area (Å²) in [5.74, 6) is 0.145. The molecule has 1 aromatic rings. The first-order valence-corrected chi connectivity index (χ1v) is 4.35. The highest BCUT2D eigenvalue weighted by atomic mass is 16.5. The molecule has 1 aromatic heterocycles. The summed E-state index contributed by atoms with van der Waals surface area (Å²) >= 11 is 0. The minimum absolute atomic E-state index is 0.364. The molecule has 0 aliphatic rings. The summed E-state index contributed by atoms with van der Waals surface area (Å²) in [5, 5.41) is 0. The summed E-state index contributed by atoms with van der Waals surface area (Å²) in [6.07, 6.45) is 0.668. The minimum atomic E-state index is -0.364. The molecule has 74 valence electrons. The Bertz CT molecular complexity index is 341. The normalized spacial score (nSPS) is 9.57. The lowest BCUT2D eigenvalue weighted by Crippen LogP contribution is -2.08. The Balaban J connectivity index is 3.11. The largest absolute Gasteiger partial charge is 0.481 e. The number of carbonyl (C=O) groups excluding carboxylic acids is 1. The number of carbonyl (C=O) groups is 1. The Hall–Kier alpha value is -1.52. The first-order chi connectivity index (χ1) is 6.72. The fourth-order valence-corrected chi connectivity index (χ4v) is 1.16. The highest BCUT2D eigenvalue weighted by molar-refractivity contribution is 6.09. The standard InChI is InChI=1S/C9H12BNO3/c1-13-8-4-3-6(9(12)14-2)7(5-10)11-8/h3-4H,5,10H2,1-2H3. The van der Waals surface area contributed by atoms with Crippen LogP contribution >= 0.6 is 0 Å². The molecule has 1 rings (SSSR count). The van der Waals surface area contributed by atoms with Gasteiger partial charge in [-0.25, -0.2) is 9.78 Å². The number of ether oxygens (including phenoxy) is 2. The van der Waals surface area contributed by atoms with Crippen LogP contribution in [0.5, 0.6) is 5.88 Å². The molecule has 0 amide bonds. The van der Waals surface area contributed by atoms with Gasteiger partial charge in [0.1, 0.15) is 7.85 Å². The molecule has 0 radical (unpaired) electrons. The van der Waals surface area contributed by atoms with Gasteiger partial charge in [0.2, 0.25) is 5.88 Å². The van der Waals surface area contributed by atoms with Gasteiger partial charge in [-0.2, -0.15) is 0 Å². The smallest absolute Gasteiger partial charge is 0.339 e. The molecule has 0 atom stereocenters. The van der Waals surface area contributed by atoms with Gasteiger partial charge >= 0.3 is 5.97 Å². The van der Waals surface area contributed by atoms with Crippen LogP contribution in [0.25, 0.3) is 0 Å². The van der Waals surface area contributed by atoms with Crippen molar-refractivity contribution in [1.82, 2.24) is 4.98 Å². The molecule has 0 aliphatic carbocycles. The number of hydrogen-bond acceptors (Lipinski definition) is 4. The van der Waals surface area contributed by atoms with Crippen molar-refractivity contribution in [2.24, 2.45) is 0 Å². The molecular formula is C9H12BNO3. The third-order valence-electron chi connectivity index (χ3n) is 1.90. The van der Waals surface area contributed by atoms with Crippen molar-refractivity contribution in [3.63, 3.8) is 0 Å². The zero-order valence-electron chi connectivity index (χ0n) is 8.53. The topological polar surface area (TPSA) is 48.4 Å². The average Bonchev–Trinajstić information content (AvgIpc) is 2.27. The van der Waals surface area contributed by atoms with Crippen molar-refractivity contribution in [2.75, 3.05) is 14.2 Å². The zero-order chi connectivity index (χ0) is 10.6. The summed E-state index contributed by atoms with van der Waals surface area (Å²) < 4.78 is 9.59. The lowest BCUT2D eigenvalue weighted by Gasteiger charge is -2.06. The summed E-state index contributed by atoms with van der Waals surface area (Å²) in [5.41, 5.74) is 1.19. The van der Waals surface area contributed by atoms with Gasteiger partial charge in [0, 0.05) is 6.07 Å². The molecule has 0 saturated carbocycles. The predicted molar refractivity (Wildman–Crippen MR) is 54.4 cm³/mol.